The molecule has 1 aliphatic rings. The van der Waals surface area contributed by atoms with Crippen molar-refractivity contribution < 1.29 is 19.5 Å². The summed E-state index contributed by atoms with van der Waals surface area (Å²) >= 11 is 6.18. The first-order valence-electron chi connectivity index (χ1n) is 13.6. The van der Waals surface area contributed by atoms with Gasteiger partial charge >= 0.3 is 5.97 Å². The van der Waals surface area contributed by atoms with Crippen molar-refractivity contribution in [1.29, 1.82) is 0 Å². The highest BCUT2D eigenvalue weighted by Gasteiger charge is 2.29. The molecule has 0 aromatic heterocycles. The Balaban J connectivity index is 1.62. The Morgan fingerprint density at radius 2 is 1.71 bits per heavy atom. The van der Waals surface area contributed by atoms with Gasteiger partial charge < -0.3 is 25.5 Å². The first-order chi connectivity index (χ1) is 19.6. The fourth-order valence-corrected chi connectivity index (χ4v) is 4.91. The zero-order valence-corrected chi connectivity index (χ0v) is 24.3. The number of aryl methyl sites for hydroxylation is 1. The Morgan fingerprint density at radius 3 is 2.41 bits per heavy atom. The van der Waals surface area contributed by atoms with E-state index in [0.717, 1.165) is 41.9 Å². The van der Waals surface area contributed by atoms with Crippen LogP contribution >= 0.6 is 11.6 Å². The van der Waals surface area contributed by atoms with Gasteiger partial charge in [0.25, 0.3) is 5.91 Å². The van der Waals surface area contributed by atoms with Crippen molar-refractivity contribution in [3.8, 4) is 0 Å². The standard InChI is InChI=1S/C32H35ClN4O4/c1-36(2)18-5-4-9-28(38)37(3)25-14-12-24(13-15-25)34-31(22-8-6-7-21(19-22)10-17-29(39)40)30-26-16-11-23(33)20-27(26)35-32(30)41/h6-8,11-16,19-20,34H,4-5,9-10,17-18H2,1-3H3,(H,35,41)(H,39,40). The number of benzene rings is 3. The summed E-state index contributed by atoms with van der Waals surface area (Å²) in [6, 6.07) is 20.3. The number of hydrogen-bond acceptors (Lipinski definition) is 5. The van der Waals surface area contributed by atoms with Gasteiger partial charge in [0, 0.05) is 41.9 Å². The van der Waals surface area contributed by atoms with E-state index in [-0.39, 0.29) is 18.2 Å². The van der Waals surface area contributed by atoms with Crippen molar-refractivity contribution in [2.45, 2.75) is 32.1 Å². The SMILES string of the molecule is CN(C)CCCCC(=O)N(C)c1ccc(NC(=C2C(=O)Nc3cc(Cl)ccc32)c2cccc(CCC(=O)O)c2)cc1. The van der Waals surface area contributed by atoms with E-state index in [1.165, 1.54) is 0 Å². The van der Waals surface area contributed by atoms with E-state index in [2.05, 4.69) is 15.5 Å². The van der Waals surface area contributed by atoms with E-state index >= 15 is 0 Å². The number of fused-ring (bicyclic) bond motifs is 1. The number of aliphatic carboxylic acids is 1. The van der Waals surface area contributed by atoms with Gasteiger partial charge in [-0.05, 0) is 93.5 Å². The van der Waals surface area contributed by atoms with Crippen molar-refractivity contribution in [2.75, 3.05) is 43.2 Å². The number of anilines is 3. The number of rotatable bonds is 12. The molecule has 2 amide bonds. The predicted molar refractivity (Wildman–Crippen MR) is 165 cm³/mol. The summed E-state index contributed by atoms with van der Waals surface area (Å²) in [5.41, 5.74) is 5.48. The molecule has 1 heterocycles. The van der Waals surface area contributed by atoms with Gasteiger partial charge in [0.05, 0.1) is 17.0 Å². The highest BCUT2D eigenvalue weighted by Crippen LogP contribution is 2.39. The molecular weight excluding hydrogens is 540 g/mol. The third-order valence-electron chi connectivity index (χ3n) is 6.96. The van der Waals surface area contributed by atoms with Crippen LogP contribution in [0.2, 0.25) is 5.02 Å². The Bertz CT molecular complexity index is 1470. The van der Waals surface area contributed by atoms with Crippen LogP contribution < -0.4 is 15.5 Å². The van der Waals surface area contributed by atoms with Crippen LogP contribution in [0.3, 0.4) is 0 Å². The minimum Gasteiger partial charge on any atom is -0.481 e. The Kier molecular flexibility index (Phi) is 9.81. The first-order valence-corrected chi connectivity index (χ1v) is 13.9. The summed E-state index contributed by atoms with van der Waals surface area (Å²) in [5.74, 6) is -1.08. The van der Waals surface area contributed by atoms with E-state index in [4.69, 9.17) is 16.7 Å². The van der Waals surface area contributed by atoms with Gasteiger partial charge in [-0.1, -0.05) is 35.9 Å². The van der Waals surface area contributed by atoms with Crippen LogP contribution in [-0.2, 0) is 20.8 Å². The minimum absolute atomic E-state index is 0.00789. The average Bonchev–Trinajstić information content (AvgIpc) is 3.27. The van der Waals surface area contributed by atoms with Crippen molar-refractivity contribution in [2.24, 2.45) is 0 Å². The van der Waals surface area contributed by atoms with Gasteiger partial charge in [-0.2, -0.15) is 0 Å². The quantitative estimate of drug-likeness (QED) is 0.182. The maximum atomic E-state index is 13.2. The number of halogens is 1. The molecule has 3 N–H and O–H groups in total. The van der Waals surface area contributed by atoms with Gasteiger partial charge in [-0.3, -0.25) is 14.4 Å². The normalized spacial score (nSPS) is 13.5. The lowest BCUT2D eigenvalue weighted by Crippen LogP contribution is -2.26. The molecular formula is C32H35ClN4O4. The molecule has 0 saturated carbocycles. The van der Waals surface area contributed by atoms with Gasteiger partial charge in [0.2, 0.25) is 5.91 Å². The number of carbonyl (C=O) groups is 3. The predicted octanol–water partition coefficient (Wildman–Crippen LogP) is 5.98. The highest BCUT2D eigenvalue weighted by atomic mass is 35.5. The monoisotopic (exact) mass is 574 g/mol. The van der Waals surface area contributed by atoms with E-state index in [9.17, 15) is 14.4 Å². The van der Waals surface area contributed by atoms with Gasteiger partial charge in [0.1, 0.15) is 0 Å². The van der Waals surface area contributed by atoms with Crippen LogP contribution in [0.1, 0.15) is 42.4 Å². The van der Waals surface area contributed by atoms with Crippen LogP contribution in [-0.4, -0.2) is 55.5 Å². The zero-order valence-electron chi connectivity index (χ0n) is 23.5. The second-order valence-electron chi connectivity index (χ2n) is 10.4. The van der Waals surface area contributed by atoms with Crippen molar-refractivity contribution in [1.82, 2.24) is 4.90 Å². The van der Waals surface area contributed by atoms with Gasteiger partial charge in [-0.15, -0.1) is 0 Å². The lowest BCUT2D eigenvalue weighted by atomic mass is 9.97. The zero-order chi connectivity index (χ0) is 29.5. The van der Waals surface area contributed by atoms with E-state index in [1.807, 2.05) is 68.7 Å². The molecule has 0 unspecified atom stereocenters. The summed E-state index contributed by atoms with van der Waals surface area (Å²) < 4.78 is 0. The molecule has 1 aliphatic heterocycles. The minimum atomic E-state index is -0.870. The van der Waals surface area contributed by atoms with Gasteiger partial charge in [0.15, 0.2) is 0 Å². The number of carboxylic acid groups (broad SMARTS) is 1. The number of nitrogens with zero attached hydrogens (tertiary/aromatic N) is 2. The maximum absolute atomic E-state index is 13.2. The van der Waals surface area contributed by atoms with Crippen molar-refractivity contribution >= 4 is 57.7 Å². The van der Waals surface area contributed by atoms with Crippen LogP contribution in [0.4, 0.5) is 17.1 Å². The number of nitrogens with one attached hydrogen (secondary N) is 2. The molecule has 9 heteroatoms. The lowest BCUT2D eigenvalue weighted by Gasteiger charge is -2.19. The number of carboxylic acids is 1. The fourth-order valence-electron chi connectivity index (χ4n) is 4.73. The topological polar surface area (TPSA) is 102 Å². The number of hydrogen-bond donors (Lipinski definition) is 3. The lowest BCUT2D eigenvalue weighted by molar-refractivity contribution is -0.137. The largest absolute Gasteiger partial charge is 0.481 e. The molecule has 4 rings (SSSR count). The van der Waals surface area contributed by atoms with E-state index in [0.29, 0.717) is 40.4 Å². The third-order valence-corrected chi connectivity index (χ3v) is 7.20. The molecule has 214 valence electrons. The molecule has 0 saturated heterocycles. The summed E-state index contributed by atoms with van der Waals surface area (Å²) in [4.78, 5) is 40.9. The van der Waals surface area contributed by atoms with Crippen molar-refractivity contribution in [3.63, 3.8) is 0 Å². The van der Waals surface area contributed by atoms with Crippen molar-refractivity contribution in [3.05, 3.63) is 88.4 Å². The molecule has 0 atom stereocenters. The molecule has 0 fully saturated rings. The maximum Gasteiger partial charge on any atom is 0.303 e. The Hall–Kier alpha value is -4.14. The van der Waals surface area contributed by atoms with Crippen LogP contribution in [0, 0.1) is 0 Å². The molecule has 3 aromatic carbocycles. The Labute approximate surface area is 245 Å². The molecule has 0 spiro atoms. The molecule has 3 aromatic rings. The second-order valence-corrected chi connectivity index (χ2v) is 10.8. The fraction of sp³-hybridized carbons (Fsp3) is 0.281. The molecule has 0 aliphatic carbocycles. The van der Waals surface area contributed by atoms with Crippen LogP contribution in [0.5, 0.6) is 0 Å². The summed E-state index contributed by atoms with van der Waals surface area (Å²) in [6.07, 6.45) is 2.66. The van der Waals surface area contributed by atoms with Crippen LogP contribution in [0.15, 0.2) is 66.7 Å². The summed E-state index contributed by atoms with van der Waals surface area (Å²) in [5, 5.41) is 16.0. The molecule has 0 bridgehead atoms. The second kappa shape index (κ2) is 13.5. The number of carbonyl (C=O) groups excluding carboxylic acids is 2. The number of amides is 2. The summed E-state index contributed by atoms with van der Waals surface area (Å²) in [6.45, 7) is 0.952. The summed E-state index contributed by atoms with van der Waals surface area (Å²) in [7, 11) is 5.82. The van der Waals surface area contributed by atoms with E-state index < -0.39 is 5.97 Å². The highest BCUT2D eigenvalue weighted by molar-refractivity contribution is 6.38. The third kappa shape index (κ3) is 7.74. The Morgan fingerprint density at radius 1 is 0.951 bits per heavy atom. The molecule has 41 heavy (non-hydrogen) atoms. The first kappa shape index (κ1) is 29.8. The molecule has 8 nitrogen and oxygen atoms in total. The smallest absolute Gasteiger partial charge is 0.303 e. The average molecular weight is 575 g/mol. The molecule has 0 radical (unpaired) electrons. The van der Waals surface area contributed by atoms with Crippen LogP contribution in [0.25, 0.3) is 11.3 Å². The van der Waals surface area contributed by atoms with E-state index in [1.54, 1.807) is 24.1 Å². The van der Waals surface area contributed by atoms with Gasteiger partial charge in [-0.25, -0.2) is 0 Å². The number of unbranched alkanes of at least 4 members (excludes halogenated alkanes) is 1.